The van der Waals surface area contributed by atoms with Crippen LogP contribution in [0.2, 0.25) is 0 Å². The van der Waals surface area contributed by atoms with Gasteiger partial charge in [-0.3, -0.25) is 0 Å². The molecule has 2 aliphatic rings. The minimum absolute atomic E-state index is 0.0591. The van der Waals surface area contributed by atoms with Gasteiger partial charge >= 0.3 is 0 Å². The highest BCUT2D eigenvalue weighted by Gasteiger charge is 2.48. The average molecular weight is 230 g/mol. The van der Waals surface area contributed by atoms with Crippen LogP contribution in [0.15, 0.2) is 0 Å². The van der Waals surface area contributed by atoms with E-state index in [0.29, 0.717) is 13.2 Å². The molecule has 2 saturated heterocycles. The summed E-state index contributed by atoms with van der Waals surface area (Å²) in [6.07, 6.45) is 2.77. The lowest BCUT2D eigenvalue weighted by molar-refractivity contribution is -0.0702. The van der Waals surface area contributed by atoms with Gasteiger partial charge in [-0.15, -0.1) is 0 Å². The van der Waals surface area contributed by atoms with E-state index in [9.17, 15) is 0 Å². The molecule has 0 saturated carbocycles. The van der Waals surface area contributed by atoms with Crippen LogP contribution in [0.5, 0.6) is 0 Å². The largest absolute Gasteiger partial charge is 0.376 e. The summed E-state index contributed by atoms with van der Waals surface area (Å²) in [5.41, 5.74) is 0. The van der Waals surface area contributed by atoms with Gasteiger partial charge in [0.05, 0.1) is 19.3 Å². The van der Waals surface area contributed by atoms with Crippen molar-refractivity contribution in [1.29, 1.82) is 0 Å². The lowest BCUT2D eigenvalue weighted by Gasteiger charge is -2.21. The minimum Gasteiger partial charge on any atom is -0.376 e. The van der Waals surface area contributed by atoms with Crippen molar-refractivity contribution in [2.45, 2.75) is 57.2 Å². The molecule has 0 aromatic carbocycles. The topological polar surface area (TPSA) is 36.9 Å². The normalized spacial score (nSPS) is 39.9. The summed E-state index contributed by atoms with van der Waals surface area (Å²) in [5, 5.41) is 0. The van der Waals surface area contributed by atoms with Crippen molar-refractivity contribution in [3.05, 3.63) is 0 Å². The van der Waals surface area contributed by atoms with Gasteiger partial charge in [-0.05, 0) is 13.3 Å². The first-order valence-corrected chi connectivity index (χ1v) is 6.17. The van der Waals surface area contributed by atoms with Crippen LogP contribution in [0, 0.1) is 0 Å². The molecule has 4 heteroatoms. The molecule has 0 N–H and O–H groups in total. The number of ether oxygens (including phenoxy) is 4. The SMILES string of the molecule is CCCC(C)OC1COC2C(OC)COC12. The van der Waals surface area contributed by atoms with Crippen LogP contribution in [0.3, 0.4) is 0 Å². The second-order valence-corrected chi connectivity index (χ2v) is 4.64. The van der Waals surface area contributed by atoms with Gasteiger partial charge in [0.15, 0.2) is 0 Å². The molecule has 4 nitrogen and oxygen atoms in total. The predicted molar refractivity (Wildman–Crippen MR) is 59.5 cm³/mol. The third kappa shape index (κ3) is 2.40. The Morgan fingerprint density at radius 2 is 1.81 bits per heavy atom. The standard InChI is InChI=1S/C12H22O4/c1-4-5-8(2)16-10-7-15-11-9(13-3)6-14-12(10)11/h8-12H,4-7H2,1-3H3. The number of hydrogen-bond donors (Lipinski definition) is 0. The van der Waals surface area contributed by atoms with E-state index in [1.165, 1.54) is 0 Å². The number of methoxy groups -OCH3 is 1. The van der Waals surface area contributed by atoms with Crippen molar-refractivity contribution in [3.63, 3.8) is 0 Å². The fraction of sp³-hybridized carbons (Fsp3) is 1.00. The molecule has 0 amide bonds. The van der Waals surface area contributed by atoms with Gasteiger partial charge in [0.1, 0.15) is 24.4 Å². The third-order valence-corrected chi connectivity index (χ3v) is 3.37. The molecule has 0 radical (unpaired) electrons. The van der Waals surface area contributed by atoms with Gasteiger partial charge in [-0.25, -0.2) is 0 Å². The van der Waals surface area contributed by atoms with Crippen LogP contribution in [0.25, 0.3) is 0 Å². The second-order valence-electron chi connectivity index (χ2n) is 4.64. The lowest BCUT2D eigenvalue weighted by Crippen LogP contribution is -2.35. The summed E-state index contributed by atoms with van der Waals surface area (Å²) in [6.45, 7) is 5.53. The summed E-state index contributed by atoms with van der Waals surface area (Å²) in [7, 11) is 1.70. The van der Waals surface area contributed by atoms with Crippen molar-refractivity contribution in [3.8, 4) is 0 Å². The van der Waals surface area contributed by atoms with Crippen molar-refractivity contribution in [2.24, 2.45) is 0 Å². The lowest BCUT2D eigenvalue weighted by atomic mass is 10.1. The van der Waals surface area contributed by atoms with E-state index in [0.717, 1.165) is 12.8 Å². The van der Waals surface area contributed by atoms with Gasteiger partial charge < -0.3 is 18.9 Å². The van der Waals surface area contributed by atoms with Crippen molar-refractivity contribution in [1.82, 2.24) is 0 Å². The van der Waals surface area contributed by atoms with E-state index < -0.39 is 0 Å². The maximum atomic E-state index is 5.95. The van der Waals surface area contributed by atoms with Crippen LogP contribution < -0.4 is 0 Å². The molecule has 2 aliphatic heterocycles. The van der Waals surface area contributed by atoms with E-state index in [4.69, 9.17) is 18.9 Å². The molecule has 2 heterocycles. The summed E-state index contributed by atoms with van der Waals surface area (Å²) in [5.74, 6) is 0. The first-order valence-electron chi connectivity index (χ1n) is 6.17. The van der Waals surface area contributed by atoms with Gasteiger partial charge in [0.25, 0.3) is 0 Å². The Bertz CT molecular complexity index is 221. The van der Waals surface area contributed by atoms with Crippen LogP contribution >= 0.6 is 0 Å². The smallest absolute Gasteiger partial charge is 0.115 e. The number of rotatable bonds is 5. The molecule has 0 aliphatic carbocycles. The van der Waals surface area contributed by atoms with E-state index >= 15 is 0 Å². The van der Waals surface area contributed by atoms with E-state index in [2.05, 4.69) is 13.8 Å². The van der Waals surface area contributed by atoms with Gasteiger partial charge in [-0.2, -0.15) is 0 Å². The fourth-order valence-electron chi connectivity index (χ4n) is 2.52. The molecule has 5 unspecified atom stereocenters. The Labute approximate surface area is 97.2 Å². The monoisotopic (exact) mass is 230 g/mol. The highest BCUT2D eigenvalue weighted by molar-refractivity contribution is 4.95. The molecule has 94 valence electrons. The molecule has 0 aromatic rings. The summed E-state index contributed by atoms with van der Waals surface area (Å²) in [6, 6.07) is 0. The molecule has 0 aromatic heterocycles. The summed E-state index contributed by atoms with van der Waals surface area (Å²) < 4.78 is 22.7. The summed E-state index contributed by atoms with van der Waals surface area (Å²) >= 11 is 0. The molecule has 5 atom stereocenters. The molecular formula is C12H22O4. The number of fused-ring (bicyclic) bond motifs is 1. The molecule has 16 heavy (non-hydrogen) atoms. The van der Waals surface area contributed by atoms with Crippen LogP contribution in [-0.4, -0.2) is 50.8 Å². The van der Waals surface area contributed by atoms with E-state index in [1.54, 1.807) is 7.11 Å². The summed E-state index contributed by atoms with van der Waals surface area (Å²) in [4.78, 5) is 0. The molecule has 0 bridgehead atoms. The van der Waals surface area contributed by atoms with Crippen molar-refractivity contribution < 1.29 is 18.9 Å². The zero-order chi connectivity index (χ0) is 11.5. The first-order chi connectivity index (χ1) is 7.76. The van der Waals surface area contributed by atoms with Crippen LogP contribution in [-0.2, 0) is 18.9 Å². The van der Waals surface area contributed by atoms with Crippen molar-refractivity contribution >= 4 is 0 Å². The number of hydrogen-bond acceptors (Lipinski definition) is 4. The van der Waals surface area contributed by atoms with Crippen LogP contribution in [0.4, 0.5) is 0 Å². The Hall–Kier alpha value is -0.160. The molecule has 2 rings (SSSR count). The highest BCUT2D eigenvalue weighted by atomic mass is 16.6. The highest BCUT2D eigenvalue weighted by Crippen LogP contribution is 2.30. The Kier molecular flexibility index (Phi) is 4.19. The third-order valence-electron chi connectivity index (χ3n) is 3.37. The van der Waals surface area contributed by atoms with E-state index in [1.807, 2.05) is 0 Å². The maximum absolute atomic E-state index is 5.95. The van der Waals surface area contributed by atoms with Gasteiger partial charge in [0.2, 0.25) is 0 Å². The molecule has 0 spiro atoms. The predicted octanol–water partition coefficient (Wildman–Crippen LogP) is 1.37. The van der Waals surface area contributed by atoms with Crippen LogP contribution in [0.1, 0.15) is 26.7 Å². The maximum Gasteiger partial charge on any atom is 0.115 e. The minimum atomic E-state index is 0.0591. The quantitative estimate of drug-likeness (QED) is 0.715. The zero-order valence-electron chi connectivity index (χ0n) is 10.3. The fourth-order valence-corrected chi connectivity index (χ4v) is 2.52. The molecule has 2 fully saturated rings. The Morgan fingerprint density at radius 1 is 1.19 bits per heavy atom. The zero-order valence-corrected chi connectivity index (χ0v) is 10.3. The van der Waals surface area contributed by atoms with Gasteiger partial charge in [0, 0.05) is 7.11 Å². The second kappa shape index (κ2) is 5.45. The average Bonchev–Trinajstić information content (AvgIpc) is 2.81. The first kappa shape index (κ1) is 12.3. The van der Waals surface area contributed by atoms with Gasteiger partial charge in [-0.1, -0.05) is 13.3 Å². The molecular weight excluding hydrogens is 208 g/mol. The van der Waals surface area contributed by atoms with E-state index in [-0.39, 0.29) is 30.5 Å². The Balaban J connectivity index is 1.85. The van der Waals surface area contributed by atoms with Crippen molar-refractivity contribution in [2.75, 3.05) is 20.3 Å². The Morgan fingerprint density at radius 3 is 2.44 bits per heavy atom.